The Hall–Kier alpha value is -1.31. The maximum atomic E-state index is 12.3. The molecule has 1 N–H and O–H groups in total. The highest BCUT2D eigenvalue weighted by Gasteiger charge is 2.36. The lowest BCUT2D eigenvalue weighted by molar-refractivity contribution is -0.125. The summed E-state index contributed by atoms with van der Waals surface area (Å²) in [4.78, 5) is 12.3. The molecule has 2 aliphatic carbocycles. The predicted molar refractivity (Wildman–Crippen MR) is 81.6 cm³/mol. The van der Waals surface area contributed by atoms with E-state index in [2.05, 4.69) is 35.6 Å². The summed E-state index contributed by atoms with van der Waals surface area (Å²) in [7, 11) is 0. The van der Waals surface area contributed by atoms with E-state index in [4.69, 9.17) is 0 Å². The molecule has 0 unspecified atom stereocenters. The molecular formula is C18H25NO. The number of rotatable bonds is 4. The van der Waals surface area contributed by atoms with E-state index in [0.29, 0.717) is 5.91 Å². The minimum absolute atomic E-state index is 0.190. The van der Waals surface area contributed by atoms with Gasteiger partial charge in [-0.3, -0.25) is 4.79 Å². The largest absolute Gasteiger partial charge is 0.355 e. The number of amides is 1. The van der Waals surface area contributed by atoms with E-state index in [1.54, 1.807) is 0 Å². The molecule has 108 valence electrons. The first-order valence-corrected chi connectivity index (χ1v) is 8.13. The normalized spacial score (nSPS) is 22.0. The van der Waals surface area contributed by atoms with Crippen LogP contribution in [-0.2, 0) is 10.2 Å². The van der Waals surface area contributed by atoms with Crippen LogP contribution in [0.1, 0.15) is 56.9 Å². The molecule has 20 heavy (non-hydrogen) atoms. The Morgan fingerprint density at radius 1 is 1.05 bits per heavy atom. The summed E-state index contributed by atoms with van der Waals surface area (Å²) >= 11 is 0. The number of nitrogens with one attached hydrogen (secondary N) is 1. The number of hydrogen-bond acceptors (Lipinski definition) is 1. The average molecular weight is 271 g/mol. The summed E-state index contributed by atoms with van der Waals surface area (Å²) in [5.41, 5.74) is 1.60. The quantitative estimate of drug-likeness (QED) is 0.886. The summed E-state index contributed by atoms with van der Waals surface area (Å²) in [6.45, 7) is 0.826. The minimum atomic E-state index is 0.190. The first kappa shape index (κ1) is 13.7. The molecule has 0 heterocycles. The van der Waals surface area contributed by atoms with Gasteiger partial charge in [0.2, 0.25) is 5.91 Å². The molecule has 0 radical (unpaired) electrons. The highest BCUT2D eigenvalue weighted by Crippen LogP contribution is 2.40. The second kappa shape index (κ2) is 5.99. The van der Waals surface area contributed by atoms with Crippen LogP contribution in [0.3, 0.4) is 0 Å². The Kier molecular flexibility index (Phi) is 4.09. The van der Waals surface area contributed by atoms with E-state index in [9.17, 15) is 4.79 Å². The van der Waals surface area contributed by atoms with Crippen LogP contribution in [0.4, 0.5) is 0 Å². The third kappa shape index (κ3) is 2.74. The van der Waals surface area contributed by atoms with Gasteiger partial charge in [0.1, 0.15) is 0 Å². The van der Waals surface area contributed by atoms with Crippen molar-refractivity contribution >= 4 is 5.91 Å². The van der Waals surface area contributed by atoms with E-state index in [1.165, 1.54) is 44.1 Å². The second-order valence-electron chi connectivity index (χ2n) is 6.55. The molecule has 1 amide bonds. The summed E-state index contributed by atoms with van der Waals surface area (Å²) in [5.74, 6) is 0.578. The van der Waals surface area contributed by atoms with Crippen LogP contribution < -0.4 is 5.32 Å². The van der Waals surface area contributed by atoms with Crippen molar-refractivity contribution in [1.82, 2.24) is 5.32 Å². The van der Waals surface area contributed by atoms with Gasteiger partial charge in [-0.1, -0.05) is 56.0 Å². The first-order valence-electron chi connectivity index (χ1n) is 8.13. The molecule has 1 aromatic carbocycles. The molecule has 3 rings (SSSR count). The molecule has 2 saturated carbocycles. The summed E-state index contributed by atoms with van der Waals surface area (Å²) in [6.07, 6.45) is 9.62. The number of benzene rings is 1. The van der Waals surface area contributed by atoms with Gasteiger partial charge in [-0.05, 0) is 31.2 Å². The van der Waals surface area contributed by atoms with Crippen LogP contribution in [0, 0.1) is 5.92 Å². The van der Waals surface area contributed by atoms with Gasteiger partial charge >= 0.3 is 0 Å². The highest BCUT2D eigenvalue weighted by molar-refractivity contribution is 5.79. The fourth-order valence-electron chi connectivity index (χ4n) is 4.00. The van der Waals surface area contributed by atoms with Gasteiger partial charge in [0.05, 0.1) is 0 Å². The monoisotopic (exact) mass is 271 g/mol. The van der Waals surface area contributed by atoms with Gasteiger partial charge in [0.15, 0.2) is 0 Å². The van der Waals surface area contributed by atoms with Crippen LogP contribution >= 0.6 is 0 Å². The van der Waals surface area contributed by atoms with Crippen molar-refractivity contribution < 1.29 is 4.79 Å². The first-order chi connectivity index (χ1) is 9.80. The Balaban J connectivity index is 1.67. The van der Waals surface area contributed by atoms with E-state index >= 15 is 0 Å². The average Bonchev–Trinajstić information content (AvgIpc) is 3.18. The second-order valence-corrected chi connectivity index (χ2v) is 6.55. The molecule has 0 saturated heterocycles. The van der Waals surface area contributed by atoms with Crippen molar-refractivity contribution in [3.05, 3.63) is 35.9 Å². The van der Waals surface area contributed by atoms with Crippen molar-refractivity contribution in [2.24, 2.45) is 5.92 Å². The van der Waals surface area contributed by atoms with Crippen molar-refractivity contribution in [3.8, 4) is 0 Å². The highest BCUT2D eigenvalue weighted by atomic mass is 16.1. The van der Waals surface area contributed by atoms with Crippen LogP contribution in [0.15, 0.2) is 30.3 Å². The topological polar surface area (TPSA) is 29.1 Å². The summed E-state index contributed by atoms with van der Waals surface area (Å²) in [5, 5.41) is 3.27. The lowest BCUT2D eigenvalue weighted by Gasteiger charge is -2.30. The van der Waals surface area contributed by atoms with Gasteiger partial charge < -0.3 is 5.32 Å². The third-order valence-corrected chi connectivity index (χ3v) is 5.27. The molecule has 2 nitrogen and oxygen atoms in total. The Bertz CT molecular complexity index is 442. The van der Waals surface area contributed by atoms with Gasteiger partial charge in [0.25, 0.3) is 0 Å². The molecule has 0 aliphatic heterocycles. The lowest BCUT2D eigenvalue weighted by atomic mass is 9.78. The maximum Gasteiger partial charge on any atom is 0.223 e. The third-order valence-electron chi connectivity index (χ3n) is 5.27. The minimum Gasteiger partial charge on any atom is -0.355 e. The molecular weight excluding hydrogens is 246 g/mol. The SMILES string of the molecule is O=C(NCC1(c2ccccc2)CCCC1)C1CCCC1. The summed E-state index contributed by atoms with van der Waals surface area (Å²) in [6, 6.07) is 10.8. The zero-order valence-electron chi connectivity index (χ0n) is 12.2. The molecule has 0 spiro atoms. The molecule has 1 aromatic rings. The number of hydrogen-bond donors (Lipinski definition) is 1. The molecule has 0 aromatic heterocycles. The van der Waals surface area contributed by atoms with E-state index < -0.39 is 0 Å². The molecule has 2 fully saturated rings. The fourth-order valence-corrected chi connectivity index (χ4v) is 4.00. The fraction of sp³-hybridized carbons (Fsp3) is 0.611. The van der Waals surface area contributed by atoms with Crippen LogP contribution in [-0.4, -0.2) is 12.5 Å². The number of carbonyl (C=O) groups is 1. The lowest BCUT2D eigenvalue weighted by Crippen LogP contribution is -2.41. The van der Waals surface area contributed by atoms with Crippen molar-refractivity contribution in [3.63, 3.8) is 0 Å². The predicted octanol–water partition coefficient (Wildman–Crippen LogP) is 3.80. The number of carbonyl (C=O) groups excluding carboxylic acids is 1. The Morgan fingerprint density at radius 3 is 2.35 bits per heavy atom. The Labute approximate surface area is 122 Å². The van der Waals surface area contributed by atoms with Crippen molar-refractivity contribution in [2.45, 2.75) is 56.8 Å². The van der Waals surface area contributed by atoms with Gasteiger partial charge in [-0.25, -0.2) is 0 Å². The van der Waals surface area contributed by atoms with Crippen LogP contribution in [0.5, 0.6) is 0 Å². The van der Waals surface area contributed by atoms with Gasteiger partial charge in [-0.2, -0.15) is 0 Å². The maximum absolute atomic E-state index is 12.3. The zero-order chi connectivity index (χ0) is 13.8. The standard InChI is InChI=1S/C18H25NO/c20-17(15-8-4-5-9-15)19-14-18(12-6-7-13-18)16-10-2-1-3-11-16/h1-3,10-11,15H,4-9,12-14H2,(H,19,20). The molecule has 0 bridgehead atoms. The van der Waals surface area contributed by atoms with Crippen molar-refractivity contribution in [2.75, 3.05) is 6.54 Å². The van der Waals surface area contributed by atoms with E-state index in [-0.39, 0.29) is 11.3 Å². The summed E-state index contributed by atoms with van der Waals surface area (Å²) < 4.78 is 0. The zero-order valence-corrected chi connectivity index (χ0v) is 12.2. The Morgan fingerprint density at radius 2 is 1.70 bits per heavy atom. The molecule has 2 heteroatoms. The van der Waals surface area contributed by atoms with Gasteiger partial charge in [-0.15, -0.1) is 0 Å². The van der Waals surface area contributed by atoms with Gasteiger partial charge in [0, 0.05) is 17.9 Å². The molecule has 0 atom stereocenters. The van der Waals surface area contributed by atoms with E-state index in [1.807, 2.05) is 0 Å². The van der Waals surface area contributed by atoms with Crippen LogP contribution in [0.2, 0.25) is 0 Å². The smallest absolute Gasteiger partial charge is 0.223 e. The molecule has 2 aliphatic rings. The van der Waals surface area contributed by atoms with Crippen molar-refractivity contribution in [1.29, 1.82) is 0 Å². The van der Waals surface area contributed by atoms with Crippen LogP contribution in [0.25, 0.3) is 0 Å². The van der Waals surface area contributed by atoms with E-state index in [0.717, 1.165) is 19.4 Å².